The van der Waals surface area contributed by atoms with Crippen molar-refractivity contribution in [2.75, 3.05) is 32.1 Å². The average Bonchev–Trinajstić information content (AvgIpc) is 2.40. The van der Waals surface area contributed by atoms with E-state index in [2.05, 4.69) is 17.3 Å². The first-order chi connectivity index (χ1) is 9.10. The molecule has 2 rings (SSSR count). The zero-order chi connectivity index (χ0) is 13.8. The van der Waals surface area contributed by atoms with Crippen LogP contribution < -0.4 is 5.32 Å². The molecule has 1 aliphatic heterocycles. The Hall–Kier alpha value is -1.64. The Morgan fingerprint density at radius 2 is 2.37 bits per heavy atom. The van der Waals surface area contributed by atoms with Gasteiger partial charge in [-0.2, -0.15) is 5.26 Å². The lowest BCUT2D eigenvalue weighted by Gasteiger charge is -2.34. The fourth-order valence-corrected chi connectivity index (χ4v) is 2.19. The number of hydrogen-bond donors (Lipinski definition) is 1. The van der Waals surface area contributed by atoms with E-state index >= 15 is 0 Å². The lowest BCUT2D eigenvalue weighted by atomic mass is 10.1. The summed E-state index contributed by atoms with van der Waals surface area (Å²) < 4.78 is 18.8. The molecule has 4 nitrogen and oxygen atoms in total. The number of nitriles is 1. The van der Waals surface area contributed by atoms with Gasteiger partial charge >= 0.3 is 0 Å². The van der Waals surface area contributed by atoms with Gasteiger partial charge in [0.25, 0.3) is 0 Å². The van der Waals surface area contributed by atoms with E-state index in [4.69, 9.17) is 10.00 Å². The van der Waals surface area contributed by atoms with Crippen LogP contribution in [-0.2, 0) is 4.74 Å². The standard InChI is InChI=1S/C14H18FN3O/c1-10(14-9-18(2)5-6-19-14)17-13-4-3-12(15)7-11(13)8-16/h3-4,7,10,14,17H,5-6,9H2,1-2H3. The van der Waals surface area contributed by atoms with Crippen molar-refractivity contribution in [3.05, 3.63) is 29.6 Å². The first kappa shape index (κ1) is 13.8. The maximum absolute atomic E-state index is 13.1. The van der Waals surface area contributed by atoms with Crippen molar-refractivity contribution in [1.29, 1.82) is 5.26 Å². The van der Waals surface area contributed by atoms with Crippen LogP contribution in [0.15, 0.2) is 18.2 Å². The molecule has 1 aromatic carbocycles. The lowest BCUT2D eigenvalue weighted by Crippen LogP contribution is -2.47. The van der Waals surface area contributed by atoms with E-state index in [-0.39, 0.29) is 12.1 Å². The molecular weight excluding hydrogens is 245 g/mol. The van der Waals surface area contributed by atoms with Gasteiger partial charge in [-0.15, -0.1) is 0 Å². The molecule has 1 heterocycles. The Balaban J connectivity index is 2.06. The Labute approximate surface area is 112 Å². The van der Waals surface area contributed by atoms with Crippen molar-refractivity contribution in [3.63, 3.8) is 0 Å². The van der Waals surface area contributed by atoms with Gasteiger partial charge in [0.2, 0.25) is 0 Å². The number of benzene rings is 1. The quantitative estimate of drug-likeness (QED) is 0.904. The van der Waals surface area contributed by atoms with Crippen molar-refractivity contribution in [3.8, 4) is 6.07 Å². The van der Waals surface area contributed by atoms with Crippen molar-refractivity contribution in [2.45, 2.75) is 19.1 Å². The molecule has 0 saturated carbocycles. The van der Waals surface area contributed by atoms with E-state index < -0.39 is 5.82 Å². The predicted molar refractivity (Wildman–Crippen MR) is 71.4 cm³/mol. The minimum absolute atomic E-state index is 0.0558. The van der Waals surface area contributed by atoms with Gasteiger partial charge < -0.3 is 15.0 Å². The fourth-order valence-electron chi connectivity index (χ4n) is 2.19. The molecule has 2 atom stereocenters. The third-order valence-electron chi connectivity index (χ3n) is 3.34. The van der Waals surface area contributed by atoms with Gasteiger partial charge in [-0.3, -0.25) is 0 Å². The van der Waals surface area contributed by atoms with Crippen LogP contribution in [0.3, 0.4) is 0 Å². The van der Waals surface area contributed by atoms with Crippen LogP contribution in [0, 0.1) is 17.1 Å². The summed E-state index contributed by atoms with van der Waals surface area (Å²) in [6, 6.07) is 6.24. The molecule has 1 fully saturated rings. The molecule has 2 unspecified atom stereocenters. The molecule has 19 heavy (non-hydrogen) atoms. The molecule has 0 aromatic heterocycles. The Bertz CT molecular complexity index is 486. The average molecular weight is 263 g/mol. The van der Waals surface area contributed by atoms with Crippen LogP contribution in [0.5, 0.6) is 0 Å². The van der Waals surface area contributed by atoms with Crippen LogP contribution in [0.1, 0.15) is 12.5 Å². The number of nitrogens with zero attached hydrogens (tertiary/aromatic N) is 2. The Morgan fingerprint density at radius 3 is 3.05 bits per heavy atom. The predicted octanol–water partition coefficient (Wildman–Crippen LogP) is 1.83. The summed E-state index contributed by atoms with van der Waals surface area (Å²) in [6.07, 6.45) is 0.0651. The number of halogens is 1. The molecule has 0 radical (unpaired) electrons. The minimum atomic E-state index is -0.400. The van der Waals surface area contributed by atoms with Gasteiger partial charge in [0, 0.05) is 13.1 Å². The molecule has 1 aromatic rings. The number of nitrogens with one attached hydrogen (secondary N) is 1. The molecule has 102 valence electrons. The van der Waals surface area contributed by atoms with Crippen LogP contribution in [-0.4, -0.2) is 43.8 Å². The van der Waals surface area contributed by atoms with Gasteiger partial charge in [-0.25, -0.2) is 4.39 Å². The maximum Gasteiger partial charge on any atom is 0.124 e. The number of anilines is 1. The number of morpholine rings is 1. The number of likely N-dealkylation sites (N-methyl/N-ethyl adjacent to an activating group) is 1. The molecule has 0 aliphatic carbocycles. The molecule has 0 amide bonds. The van der Waals surface area contributed by atoms with Crippen molar-refractivity contribution < 1.29 is 9.13 Å². The third-order valence-corrected chi connectivity index (χ3v) is 3.34. The summed E-state index contributed by atoms with van der Waals surface area (Å²) in [7, 11) is 2.06. The molecule has 1 aliphatic rings. The highest BCUT2D eigenvalue weighted by molar-refractivity contribution is 5.58. The molecule has 0 spiro atoms. The summed E-state index contributed by atoms with van der Waals surface area (Å²) in [6.45, 7) is 4.50. The normalized spacial score (nSPS) is 21.7. The smallest absolute Gasteiger partial charge is 0.124 e. The fraction of sp³-hybridized carbons (Fsp3) is 0.500. The van der Waals surface area contributed by atoms with E-state index in [1.165, 1.54) is 12.1 Å². The van der Waals surface area contributed by atoms with E-state index in [9.17, 15) is 4.39 Å². The highest BCUT2D eigenvalue weighted by Gasteiger charge is 2.24. The minimum Gasteiger partial charge on any atom is -0.379 e. The first-order valence-electron chi connectivity index (χ1n) is 6.36. The molecule has 1 N–H and O–H groups in total. The van der Waals surface area contributed by atoms with Gasteiger partial charge in [0.05, 0.1) is 30.0 Å². The van der Waals surface area contributed by atoms with Crippen LogP contribution in [0.4, 0.5) is 10.1 Å². The largest absolute Gasteiger partial charge is 0.379 e. The van der Waals surface area contributed by atoms with Crippen LogP contribution in [0.25, 0.3) is 0 Å². The highest BCUT2D eigenvalue weighted by Crippen LogP contribution is 2.19. The van der Waals surface area contributed by atoms with Crippen molar-refractivity contribution in [1.82, 2.24) is 4.90 Å². The topological polar surface area (TPSA) is 48.3 Å². The van der Waals surface area contributed by atoms with Gasteiger partial charge in [-0.05, 0) is 32.2 Å². The zero-order valence-corrected chi connectivity index (χ0v) is 11.2. The van der Waals surface area contributed by atoms with Gasteiger partial charge in [0.15, 0.2) is 0 Å². The van der Waals surface area contributed by atoms with Crippen LogP contribution in [0.2, 0.25) is 0 Å². The summed E-state index contributed by atoms with van der Waals surface area (Å²) in [5.74, 6) is -0.400. The first-order valence-corrected chi connectivity index (χ1v) is 6.36. The zero-order valence-electron chi connectivity index (χ0n) is 11.2. The summed E-state index contributed by atoms with van der Waals surface area (Å²) >= 11 is 0. The second kappa shape index (κ2) is 6.00. The van der Waals surface area contributed by atoms with Crippen molar-refractivity contribution >= 4 is 5.69 Å². The number of ether oxygens (including phenoxy) is 1. The third kappa shape index (κ3) is 3.43. The summed E-state index contributed by atoms with van der Waals surface area (Å²) in [4.78, 5) is 2.21. The maximum atomic E-state index is 13.1. The molecule has 5 heteroatoms. The Kier molecular flexibility index (Phi) is 4.35. The van der Waals surface area contributed by atoms with Crippen molar-refractivity contribution in [2.24, 2.45) is 0 Å². The summed E-state index contributed by atoms with van der Waals surface area (Å²) in [5, 5.41) is 12.3. The lowest BCUT2D eigenvalue weighted by molar-refractivity contribution is -0.0259. The Morgan fingerprint density at radius 1 is 1.58 bits per heavy atom. The van der Waals surface area contributed by atoms with E-state index in [0.717, 1.165) is 13.1 Å². The van der Waals surface area contributed by atoms with Crippen LogP contribution >= 0.6 is 0 Å². The van der Waals surface area contributed by atoms with Gasteiger partial charge in [-0.1, -0.05) is 0 Å². The second-order valence-electron chi connectivity index (χ2n) is 4.91. The van der Waals surface area contributed by atoms with E-state index in [1.807, 2.05) is 13.0 Å². The SMILES string of the molecule is CC(Nc1ccc(F)cc1C#N)C1CN(C)CCO1. The second-order valence-corrected chi connectivity index (χ2v) is 4.91. The molecule has 0 bridgehead atoms. The monoisotopic (exact) mass is 263 g/mol. The van der Waals surface area contributed by atoms with Gasteiger partial charge in [0.1, 0.15) is 11.9 Å². The molecular formula is C14H18FN3O. The number of rotatable bonds is 3. The number of hydrogen-bond acceptors (Lipinski definition) is 4. The highest BCUT2D eigenvalue weighted by atomic mass is 19.1. The molecule has 1 saturated heterocycles. The van der Waals surface area contributed by atoms with E-state index in [1.54, 1.807) is 6.07 Å². The van der Waals surface area contributed by atoms with E-state index in [0.29, 0.717) is 17.9 Å². The summed E-state index contributed by atoms with van der Waals surface area (Å²) in [5.41, 5.74) is 0.962.